The van der Waals surface area contributed by atoms with Gasteiger partial charge in [-0.25, -0.2) is 4.79 Å². The predicted octanol–water partition coefficient (Wildman–Crippen LogP) is 2.62. The number of hydrogen-bond acceptors (Lipinski definition) is 1. The summed E-state index contributed by atoms with van der Waals surface area (Å²) < 4.78 is 0. The van der Waals surface area contributed by atoms with E-state index in [1.807, 2.05) is 0 Å². The Bertz CT molecular complexity index is 483. The highest BCUT2D eigenvalue weighted by Crippen LogP contribution is 2.36. The van der Waals surface area contributed by atoms with Crippen LogP contribution >= 0.6 is 0 Å². The largest absolute Gasteiger partial charge is 0.333 e. The molecule has 0 spiro atoms. The topological polar surface area (TPSA) is 41.1 Å². The second kappa shape index (κ2) is 4.30. The maximum Gasteiger partial charge on any atom is 0.315 e. The number of nitrogens with one attached hydrogen (secondary N) is 2. The number of benzene rings is 1. The summed E-state index contributed by atoms with van der Waals surface area (Å²) in [6.07, 6.45) is 3.32. The molecule has 0 bridgehead atoms. The van der Waals surface area contributed by atoms with Crippen LogP contribution in [0.3, 0.4) is 0 Å². The van der Waals surface area contributed by atoms with E-state index in [-0.39, 0.29) is 6.03 Å². The quantitative estimate of drug-likeness (QED) is 0.783. The Hall–Kier alpha value is -1.51. The van der Waals surface area contributed by atoms with Crippen LogP contribution in [0, 0.1) is 13.8 Å². The van der Waals surface area contributed by atoms with Gasteiger partial charge in [0.05, 0.1) is 12.1 Å². The van der Waals surface area contributed by atoms with Gasteiger partial charge in [-0.2, -0.15) is 0 Å². The Balaban J connectivity index is 1.82. The number of aryl methyl sites for hydroxylation is 1. The van der Waals surface area contributed by atoms with Crippen LogP contribution in [-0.4, -0.2) is 18.1 Å². The third kappa shape index (κ3) is 1.88. The Morgan fingerprint density at radius 2 is 1.89 bits per heavy atom. The van der Waals surface area contributed by atoms with Gasteiger partial charge in [-0.1, -0.05) is 18.2 Å². The Morgan fingerprint density at radius 3 is 2.72 bits per heavy atom. The lowest BCUT2D eigenvalue weighted by Crippen LogP contribution is -2.39. The molecule has 3 unspecified atom stereocenters. The zero-order valence-electron chi connectivity index (χ0n) is 11.0. The van der Waals surface area contributed by atoms with Crippen LogP contribution in [0.5, 0.6) is 0 Å². The van der Waals surface area contributed by atoms with E-state index in [1.165, 1.54) is 23.1 Å². The fourth-order valence-corrected chi connectivity index (χ4v) is 3.38. The van der Waals surface area contributed by atoms with Gasteiger partial charge >= 0.3 is 6.03 Å². The van der Waals surface area contributed by atoms with E-state index < -0.39 is 0 Å². The normalized spacial score (nSPS) is 30.6. The van der Waals surface area contributed by atoms with Crippen molar-refractivity contribution in [1.29, 1.82) is 0 Å². The first-order valence-electron chi connectivity index (χ1n) is 6.78. The van der Waals surface area contributed by atoms with Crippen molar-refractivity contribution < 1.29 is 4.79 Å². The molecule has 2 aliphatic rings. The van der Waals surface area contributed by atoms with Crippen molar-refractivity contribution in [3.05, 3.63) is 34.9 Å². The van der Waals surface area contributed by atoms with Gasteiger partial charge in [-0.3, -0.25) is 0 Å². The average molecular weight is 244 g/mol. The minimum absolute atomic E-state index is 0.00612. The van der Waals surface area contributed by atoms with Gasteiger partial charge in [0.25, 0.3) is 0 Å². The molecule has 1 aromatic carbocycles. The van der Waals surface area contributed by atoms with Crippen molar-refractivity contribution in [2.45, 2.75) is 51.1 Å². The monoisotopic (exact) mass is 244 g/mol. The summed E-state index contributed by atoms with van der Waals surface area (Å²) in [6, 6.07) is 7.23. The molecule has 3 rings (SSSR count). The first kappa shape index (κ1) is 11.6. The SMILES string of the molecule is Cc1cccc(C2CCC3NC(=O)NC3C2)c1C. The fourth-order valence-electron chi connectivity index (χ4n) is 3.38. The minimum Gasteiger partial charge on any atom is -0.333 e. The molecule has 2 fully saturated rings. The van der Waals surface area contributed by atoms with E-state index in [4.69, 9.17) is 0 Å². The van der Waals surface area contributed by atoms with Gasteiger partial charge in [0.15, 0.2) is 0 Å². The van der Waals surface area contributed by atoms with Gasteiger partial charge in [-0.15, -0.1) is 0 Å². The number of amides is 2. The lowest BCUT2D eigenvalue weighted by Gasteiger charge is -2.31. The van der Waals surface area contributed by atoms with Crippen LogP contribution in [0.4, 0.5) is 4.79 Å². The molecule has 96 valence electrons. The highest BCUT2D eigenvalue weighted by molar-refractivity contribution is 5.77. The molecule has 0 radical (unpaired) electrons. The van der Waals surface area contributed by atoms with Crippen molar-refractivity contribution >= 4 is 6.03 Å². The minimum atomic E-state index is 0.00612. The number of carbonyl (C=O) groups is 1. The van der Waals surface area contributed by atoms with Gasteiger partial charge in [0.1, 0.15) is 0 Å². The second-order valence-electron chi connectivity index (χ2n) is 5.63. The molecule has 3 heteroatoms. The maximum absolute atomic E-state index is 11.4. The summed E-state index contributed by atoms with van der Waals surface area (Å²) in [7, 11) is 0. The molecule has 3 nitrogen and oxygen atoms in total. The average Bonchev–Trinajstić information content (AvgIpc) is 2.71. The lowest BCUT2D eigenvalue weighted by molar-refractivity contribution is 0.247. The fraction of sp³-hybridized carbons (Fsp3) is 0.533. The number of urea groups is 1. The molecule has 1 aliphatic heterocycles. The summed E-state index contributed by atoms with van der Waals surface area (Å²) in [5, 5.41) is 6.04. The maximum atomic E-state index is 11.4. The summed E-state index contributed by atoms with van der Waals surface area (Å²) >= 11 is 0. The summed E-state index contributed by atoms with van der Waals surface area (Å²) in [6.45, 7) is 4.38. The molecule has 1 aliphatic carbocycles. The van der Waals surface area contributed by atoms with Crippen LogP contribution < -0.4 is 10.6 Å². The van der Waals surface area contributed by atoms with Gasteiger partial charge in [0.2, 0.25) is 0 Å². The van der Waals surface area contributed by atoms with Crippen LogP contribution in [0.25, 0.3) is 0 Å². The van der Waals surface area contributed by atoms with Crippen LogP contribution in [0.15, 0.2) is 18.2 Å². The second-order valence-corrected chi connectivity index (χ2v) is 5.63. The zero-order chi connectivity index (χ0) is 12.7. The first-order chi connectivity index (χ1) is 8.65. The Morgan fingerprint density at radius 1 is 1.11 bits per heavy atom. The number of rotatable bonds is 1. The van der Waals surface area contributed by atoms with E-state index in [2.05, 4.69) is 42.7 Å². The third-order valence-electron chi connectivity index (χ3n) is 4.57. The molecule has 3 atom stereocenters. The molecule has 2 N–H and O–H groups in total. The van der Waals surface area contributed by atoms with E-state index >= 15 is 0 Å². The number of carbonyl (C=O) groups excluding carboxylic acids is 1. The zero-order valence-corrected chi connectivity index (χ0v) is 11.0. The standard InChI is InChI=1S/C15H20N2O/c1-9-4-3-5-12(10(9)2)11-6-7-13-14(8-11)17-15(18)16-13/h3-5,11,13-14H,6-8H2,1-2H3,(H2,16,17,18). The van der Waals surface area contributed by atoms with Crippen molar-refractivity contribution in [2.24, 2.45) is 0 Å². The third-order valence-corrected chi connectivity index (χ3v) is 4.57. The van der Waals surface area contributed by atoms with E-state index in [1.54, 1.807) is 0 Å². The van der Waals surface area contributed by atoms with E-state index in [0.717, 1.165) is 12.8 Å². The first-order valence-corrected chi connectivity index (χ1v) is 6.78. The number of hydrogen-bond donors (Lipinski definition) is 2. The van der Waals surface area contributed by atoms with Gasteiger partial charge in [0, 0.05) is 0 Å². The summed E-state index contributed by atoms with van der Waals surface area (Å²) in [4.78, 5) is 11.4. The van der Waals surface area contributed by atoms with Gasteiger partial charge < -0.3 is 10.6 Å². The predicted molar refractivity (Wildman–Crippen MR) is 71.8 cm³/mol. The highest BCUT2D eigenvalue weighted by atomic mass is 16.2. The van der Waals surface area contributed by atoms with E-state index in [9.17, 15) is 4.79 Å². The molecular formula is C15H20N2O. The number of fused-ring (bicyclic) bond motifs is 1. The Kier molecular flexibility index (Phi) is 2.77. The van der Waals surface area contributed by atoms with Gasteiger partial charge in [-0.05, 0) is 55.7 Å². The van der Waals surface area contributed by atoms with Crippen molar-refractivity contribution in [3.63, 3.8) is 0 Å². The molecule has 0 aromatic heterocycles. The molecule has 1 heterocycles. The molecule has 1 aromatic rings. The van der Waals surface area contributed by atoms with Crippen molar-refractivity contribution in [1.82, 2.24) is 10.6 Å². The van der Waals surface area contributed by atoms with Crippen molar-refractivity contribution in [2.75, 3.05) is 0 Å². The molecular weight excluding hydrogens is 224 g/mol. The van der Waals surface area contributed by atoms with Crippen LogP contribution in [0.2, 0.25) is 0 Å². The lowest BCUT2D eigenvalue weighted by atomic mass is 9.77. The molecule has 1 saturated carbocycles. The van der Waals surface area contributed by atoms with Crippen LogP contribution in [0.1, 0.15) is 41.9 Å². The molecule has 18 heavy (non-hydrogen) atoms. The van der Waals surface area contributed by atoms with Crippen molar-refractivity contribution in [3.8, 4) is 0 Å². The Labute approximate surface area is 108 Å². The highest BCUT2D eigenvalue weighted by Gasteiger charge is 2.37. The summed E-state index contributed by atoms with van der Waals surface area (Å²) in [5.41, 5.74) is 4.25. The summed E-state index contributed by atoms with van der Waals surface area (Å²) in [5.74, 6) is 0.589. The smallest absolute Gasteiger partial charge is 0.315 e. The van der Waals surface area contributed by atoms with Crippen LogP contribution in [-0.2, 0) is 0 Å². The molecule has 1 saturated heterocycles. The van der Waals surface area contributed by atoms with E-state index in [0.29, 0.717) is 18.0 Å². The molecule has 2 amide bonds.